The molecule has 1 unspecified atom stereocenters. The van der Waals surface area contributed by atoms with Crippen molar-refractivity contribution in [1.29, 1.82) is 0 Å². The Bertz CT molecular complexity index is 410. The normalized spacial score (nSPS) is 19.2. The van der Waals surface area contributed by atoms with Gasteiger partial charge in [-0.1, -0.05) is 18.6 Å². The SMILES string of the molecule is COc1c(C)cc(C(N)C2(CN)CCC2)cc1C. The molecule has 3 heteroatoms. The highest BCUT2D eigenvalue weighted by molar-refractivity contribution is 5.44. The van der Waals surface area contributed by atoms with Crippen molar-refractivity contribution < 1.29 is 4.74 Å². The van der Waals surface area contributed by atoms with E-state index in [0.29, 0.717) is 6.54 Å². The predicted octanol–water partition coefficient (Wildman–Crippen LogP) is 2.44. The fourth-order valence-electron chi connectivity index (χ4n) is 3.11. The summed E-state index contributed by atoms with van der Waals surface area (Å²) in [4.78, 5) is 0. The molecular weight excluding hydrogens is 224 g/mol. The molecule has 1 fully saturated rings. The van der Waals surface area contributed by atoms with E-state index in [1.807, 2.05) is 0 Å². The van der Waals surface area contributed by atoms with Gasteiger partial charge in [0.2, 0.25) is 0 Å². The minimum absolute atomic E-state index is 0.0413. The Morgan fingerprint density at radius 1 is 1.28 bits per heavy atom. The molecule has 1 saturated carbocycles. The van der Waals surface area contributed by atoms with Crippen LogP contribution in [0, 0.1) is 19.3 Å². The number of hydrogen-bond donors (Lipinski definition) is 2. The lowest BCUT2D eigenvalue weighted by Gasteiger charge is -2.46. The van der Waals surface area contributed by atoms with Gasteiger partial charge in [-0.3, -0.25) is 0 Å². The molecule has 18 heavy (non-hydrogen) atoms. The van der Waals surface area contributed by atoms with Crippen LogP contribution in [0.1, 0.15) is 42.0 Å². The van der Waals surface area contributed by atoms with Gasteiger partial charge in [0, 0.05) is 11.5 Å². The minimum atomic E-state index is 0.0413. The molecule has 100 valence electrons. The highest BCUT2D eigenvalue weighted by atomic mass is 16.5. The Morgan fingerprint density at radius 2 is 1.83 bits per heavy atom. The average Bonchev–Trinajstić information content (AvgIpc) is 2.27. The third-order valence-electron chi connectivity index (χ3n) is 4.46. The smallest absolute Gasteiger partial charge is 0.124 e. The first-order chi connectivity index (χ1) is 8.54. The fourth-order valence-corrected chi connectivity index (χ4v) is 3.11. The first-order valence-electron chi connectivity index (χ1n) is 6.65. The van der Waals surface area contributed by atoms with Crippen molar-refractivity contribution >= 4 is 0 Å². The van der Waals surface area contributed by atoms with E-state index in [4.69, 9.17) is 16.2 Å². The molecule has 1 aliphatic carbocycles. The number of benzene rings is 1. The molecular formula is C15H24N2O. The van der Waals surface area contributed by atoms with Crippen LogP contribution in [0.3, 0.4) is 0 Å². The Hall–Kier alpha value is -1.06. The summed E-state index contributed by atoms with van der Waals surface area (Å²) in [5.41, 5.74) is 16.0. The van der Waals surface area contributed by atoms with E-state index < -0.39 is 0 Å². The molecule has 1 aliphatic rings. The van der Waals surface area contributed by atoms with Crippen molar-refractivity contribution in [3.63, 3.8) is 0 Å². The van der Waals surface area contributed by atoms with Gasteiger partial charge >= 0.3 is 0 Å². The Labute approximate surface area is 110 Å². The summed E-state index contributed by atoms with van der Waals surface area (Å²) in [6, 6.07) is 4.33. The number of nitrogens with two attached hydrogens (primary N) is 2. The Kier molecular flexibility index (Phi) is 3.64. The number of ether oxygens (including phenoxy) is 1. The molecule has 0 radical (unpaired) electrons. The van der Waals surface area contributed by atoms with Crippen molar-refractivity contribution in [2.45, 2.75) is 39.2 Å². The van der Waals surface area contributed by atoms with Gasteiger partial charge in [-0.05, 0) is 49.9 Å². The third-order valence-corrected chi connectivity index (χ3v) is 4.46. The van der Waals surface area contributed by atoms with Gasteiger partial charge in [0.25, 0.3) is 0 Å². The molecule has 4 N–H and O–H groups in total. The van der Waals surface area contributed by atoms with E-state index >= 15 is 0 Å². The zero-order chi connectivity index (χ0) is 13.3. The summed E-state index contributed by atoms with van der Waals surface area (Å²) in [6.07, 6.45) is 3.54. The summed E-state index contributed by atoms with van der Waals surface area (Å²) in [5, 5.41) is 0. The number of methoxy groups -OCH3 is 1. The van der Waals surface area contributed by atoms with E-state index in [1.165, 1.54) is 12.0 Å². The zero-order valence-electron chi connectivity index (χ0n) is 11.6. The first-order valence-corrected chi connectivity index (χ1v) is 6.65. The van der Waals surface area contributed by atoms with Gasteiger partial charge in [0.1, 0.15) is 5.75 Å². The molecule has 0 aliphatic heterocycles. The highest BCUT2D eigenvalue weighted by Gasteiger charge is 2.41. The van der Waals surface area contributed by atoms with Crippen LogP contribution in [0.5, 0.6) is 5.75 Å². The molecule has 1 aromatic rings. The third kappa shape index (κ3) is 2.02. The van der Waals surface area contributed by atoms with Crippen LogP contribution in [-0.4, -0.2) is 13.7 Å². The Balaban J connectivity index is 2.34. The van der Waals surface area contributed by atoms with Gasteiger partial charge in [0.15, 0.2) is 0 Å². The van der Waals surface area contributed by atoms with Crippen molar-refractivity contribution in [3.8, 4) is 5.75 Å². The average molecular weight is 248 g/mol. The minimum Gasteiger partial charge on any atom is -0.496 e. The molecule has 1 atom stereocenters. The zero-order valence-corrected chi connectivity index (χ0v) is 11.6. The molecule has 0 spiro atoms. The van der Waals surface area contributed by atoms with Crippen LogP contribution in [0.4, 0.5) is 0 Å². The monoisotopic (exact) mass is 248 g/mol. The molecule has 1 aromatic carbocycles. The van der Waals surface area contributed by atoms with Crippen LogP contribution >= 0.6 is 0 Å². The molecule has 0 aromatic heterocycles. The lowest BCUT2D eigenvalue weighted by molar-refractivity contribution is 0.104. The largest absolute Gasteiger partial charge is 0.496 e. The van der Waals surface area contributed by atoms with Crippen LogP contribution in [0.25, 0.3) is 0 Å². The van der Waals surface area contributed by atoms with Crippen molar-refractivity contribution in [3.05, 3.63) is 28.8 Å². The molecule has 0 amide bonds. The fraction of sp³-hybridized carbons (Fsp3) is 0.600. The second-order valence-corrected chi connectivity index (χ2v) is 5.59. The summed E-state index contributed by atoms with van der Waals surface area (Å²) in [5.74, 6) is 0.960. The number of aryl methyl sites for hydroxylation is 2. The standard InChI is InChI=1S/C15H24N2O/c1-10-7-12(8-11(2)13(10)18-3)14(17)15(9-16)5-4-6-15/h7-8,14H,4-6,9,16-17H2,1-3H3. The molecule has 3 nitrogen and oxygen atoms in total. The van der Waals surface area contributed by atoms with Gasteiger partial charge in [0.05, 0.1) is 7.11 Å². The first kappa shape index (κ1) is 13.4. The molecule has 0 bridgehead atoms. The van der Waals surface area contributed by atoms with Crippen LogP contribution < -0.4 is 16.2 Å². The quantitative estimate of drug-likeness (QED) is 0.860. The summed E-state index contributed by atoms with van der Waals surface area (Å²) in [6.45, 7) is 4.81. The number of rotatable bonds is 4. The van der Waals surface area contributed by atoms with Crippen LogP contribution in [0.2, 0.25) is 0 Å². The molecule has 2 rings (SSSR count). The van der Waals surface area contributed by atoms with Gasteiger partial charge in [-0.15, -0.1) is 0 Å². The summed E-state index contributed by atoms with van der Waals surface area (Å²) < 4.78 is 5.40. The van der Waals surface area contributed by atoms with Crippen LogP contribution in [0.15, 0.2) is 12.1 Å². The van der Waals surface area contributed by atoms with Crippen molar-refractivity contribution in [2.75, 3.05) is 13.7 Å². The van der Waals surface area contributed by atoms with E-state index in [2.05, 4.69) is 26.0 Å². The number of hydrogen-bond acceptors (Lipinski definition) is 3. The molecule has 0 saturated heterocycles. The van der Waals surface area contributed by atoms with E-state index in [9.17, 15) is 0 Å². The van der Waals surface area contributed by atoms with Crippen LogP contribution in [-0.2, 0) is 0 Å². The van der Waals surface area contributed by atoms with Gasteiger partial charge in [-0.25, -0.2) is 0 Å². The predicted molar refractivity (Wildman–Crippen MR) is 74.7 cm³/mol. The summed E-state index contributed by atoms with van der Waals surface area (Å²) in [7, 11) is 1.71. The highest BCUT2D eigenvalue weighted by Crippen LogP contribution is 2.48. The maximum Gasteiger partial charge on any atom is 0.124 e. The second kappa shape index (κ2) is 4.90. The lowest BCUT2D eigenvalue weighted by Crippen LogP contribution is -2.46. The second-order valence-electron chi connectivity index (χ2n) is 5.59. The van der Waals surface area contributed by atoms with E-state index in [0.717, 1.165) is 29.7 Å². The van der Waals surface area contributed by atoms with Gasteiger partial charge in [-0.2, -0.15) is 0 Å². The van der Waals surface area contributed by atoms with Crippen molar-refractivity contribution in [2.24, 2.45) is 16.9 Å². The maximum atomic E-state index is 6.45. The van der Waals surface area contributed by atoms with E-state index in [-0.39, 0.29) is 11.5 Å². The van der Waals surface area contributed by atoms with E-state index in [1.54, 1.807) is 7.11 Å². The summed E-state index contributed by atoms with van der Waals surface area (Å²) >= 11 is 0. The topological polar surface area (TPSA) is 61.3 Å². The lowest BCUT2D eigenvalue weighted by atomic mass is 9.62. The van der Waals surface area contributed by atoms with Crippen molar-refractivity contribution in [1.82, 2.24) is 0 Å². The maximum absolute atomic E-state index is 6.45. The molecule has 0 heterocycles. The van der Waals surface area contributed by atoms with Gasteiger partial charge < -0.3 is 16.2 Å². The Morgan fingerprint density at radius 3 is 2.17 bits per heavy atom.